The fourth-order valence-electron chi connectivity index (χ4n) is 1.28. The smallest absolute Gasteiger partial charge is 0.241 e. The molecule has 3 N–H and O–H groups in total. The number of carbonyl (C=O) groups is 1. The molecule has 0 aliphatic rings. The van der Waals surface area contributed by atoms with Crippen LogP contribution >= 0.6 is 0 Å². The molecule has 17 heavy (non-hydrogen) atoms. The van der Waals surface area contributed by atoms with E-state index in [0.717, 1.165) is 6.07 Å². The van der Waals surface area contributed by atoms with Gasteiger partial charge in [-0.15, -0.1) is 0 Å². The van der Waals surface area contributed by atoms with Crippen LogP contribution in [0.3, 0.4) is 0 Å². The fraction of sp³-hybridized carbons (Fsp3) is 0.333. The number of nitriles is 1. The molecule has 0 radical (unpaired) electrons. The molecule has 1 rings (SSSR count). The van der Waals surface area contributed by atoms with Gasteiger partial charge in [0.25, 0.3) is 0 Å². The van der Waals surface area contributed by atoms with Gasteiger partial charge in [0.15, 0.2) is 0 Å². The second kappa shape index (κ2) is 5.41. The number of nitrogens with one attached hydrogen (secondary N) is 1. The predicted octanol–water partition coefficient (Wildman–Crippen LogP) is 1.68. The van der Waals surface area contributed by atoms with E-state index >= 15 is 0 Å². The summed E-state index contributed by atoms with van der Waals surface area (Å²) >= 11 is 0. The highest BCUT2D eigenvalue weighted by atomic mass is 19.1. The molecule has 0 spiro atoms. The summed E-state index contributed by atoms with van der Waals surface area (Å²) in [5, 5.41) is 11.2. The molecule has 1 atom stereocenters. The first-order valence-electron chi connectivity index (χ1n) is 5.26. The van der Waals surface area contributed by atoms with Crippen molar-refractivity contribution in [3.63, 3.8) is 0 Å². The van der Waals surface area contributed by atoms with E-state index in [4.69, 9.17) is 11.0 Å². The van der Waals surface area contributed by atoms with Crippen LogP contribution in [0.4, 0.5) is 10.1 Å². The van der Waals surface area contributed by atoms with E-state index in [2.05, 4.69) is 5.32 Å². The minimum atomic E-state index is -0.636. The summed E-state index contributed by atoms with van der Waals surface area (Å²) in [5.41, 5.74) is 6.29. The van der Waals surface area contributed by atoms with Crippen LogP contribution in [0.25, 0.3) is 0 Å². The van der Waals surface area contributed by atoms with Crippen molar-refractivity contribution < 1.29 is 9.18 Å². The first-order valence-corrected chi connectivity index (χ1v) is 5.26. The summed E-state index contributed by atoms with van der Waals surface area (Å²) in [6.45, 7) is 3.31. The van der Waals surface area contributed by atoms with Gasteiger partial charge in [0, 0.05) is 11.3 Å². The number of anilines is 1. The Morgan fingerprint density at radius 1 is 1.65 bits per heavy atom. The highest BCUT2D eigenvalue weighted by Crippen LogP contribution is 2.20. The Hall–Kier alpha value is -1.93. The SMILES string of the molecule is CC[C@@H](N)C(=O)Nc1cc(C#N)cc(F)c1C. The lowest BCUT2D eigenvalue weighted by molar-refractivity contribution is -0.117. The third-order valence-electron chi connectivity index (χ3n) is 2.51. The molecule has 0 aliphatic carbocycles. The van der Waals surface area contributed by atoms with Crippen molar-refractivity contribution in [1.82, 2.24) is 0 Å². The zero-order valence-corrected chi connectivity index (χ0v) is 9.75. The fourth-order valence-corrected chi connectivity index (χ4v) is 1.28. The number of amides is 1. The summed E-state index contributed by atoms with van der Waals surface area (Å²) < 4.78 is 13.4. The molecule has 0 unspecified atom stereocenters. The number of carbonyl (C=O) groups excluding carboxylic acids is 1. The average Bonchev–Trinajstić information content (AvgIpc) is 2.33. The van der Waals surface area contributed by atoms with Gasteiger partial charge in [-0.05, 0) is 25.5 Å². The third kappa shape index (κ3) is 3.02. The number of benzene rings is 1. The number of hydrogen-bond donors (Lipinski definition) is 2. The molecule has 1 aromatic rings. The van der Waals surface area contributed by atoms with Crippen molar-refractivity contribution in [2.24, 2.45) is 5.73 Å². The number of halogens is 1. The highest BCUT2D eigenvalue weighted by molar-refractivity contribution is 5.95. The second-order valence-corrected chi connectivity index (χ2v) is 3.75. The first-order chi connectivity index (χ1) is 7.99. The van der Waals surface area contributed by atoms with Crippen molar-refractivity contribution >= 4 is 11.6 Å². The van der Waals surface area contributed by atoms with E-state index in [1.807, 2.05) is 6.07 Å². The van der Waals surface area contributed by atoms with Gasteiger partial charge in [0.2, 0.25) is 5.91 Å². The maximum atomic E-state index is 13.4. The monoisotopic (exact) mass is 235 g/mol. The largest absolute Gasteiger partial charge is 0.324 e. The molecular formula is C12H14FN3O. The van der Waals surface area contributed by atoms with Crippen LogP contribution in [0.5, 0.6) is 0 Å². The molecule has 5 heteroatoms. The molecule has 0 fully saturated rings. The number of nitrogens with zero attached hydrogens (tertiary/aromatic N) is 1. The van der Waals surface area contributed by atoms with Crippen LogP contribution in [0.1, 0.15) is 24.5 Å². The van der Waals surface area contributed by atoms with Crippen LogP contribution in [-0.4, -0.2) is 11.9 Å². The minimum absolute atomic E-state index is 0.161. The molecule has 1 amide bonds. The van der Waals surface area contributed by atoms with Gasteiger partial charge in [-0.3, -0.25) is 4.79 Å². The number of nitrogens with two attached hydrogens (primary N) is 1. The lowest BCUT2D eigenvalue weighted by atomic mass is 10.1. The van der Waals surface area contributed by atoms with Gasteiger partial charge in [0.1, 0.15) is 5.82 Å². The summed E-state index contributed by atoms with van der Waals surface area (Å²) in [5.74, 6) is -0.908. The predicted molar refractivity (Wildman–Crippen MR) is 62.7 cm³/mol. The highest BCUT2D eigenvalue weighted by Gasteiger charge is 2.14. The Labute approximate surface area is 99.2 Å². The van der Waals surface area contributed by atoms with Gasteiger partial charge >= 0.3 is 0 Å². The van der Waals surface area contributed by atoms with Crippen molar-refractivity contribution in [3.05, 3.63) is 29.1 Å². The summed E-state index contributed by atoms with van der Waals surface area (Å²) in [4.78, 5) is 11.6. The van der Waals surface area contributed by atoms with Crippen LogP contribution in [0.2, 0.25) is 0 Å². The van der Waals surface area contributed by atoms with E-state index in [9.17, 15) is 9.18 Å². The topological polar surface area (TPSA) is 78.9 Å². The summed E-state index contributed by atoms with van der Waals surface area (Å²) in [6, 6.07) is 3.75. The zero-order chi connectivity index (χ0) is 13.0. The maximum absolute atomic E-state index is 13.4. The molecule has 0 heterocycles. The van der Waals surface area contributed by atoms with Gasteiger partial charge in [-0.2, -0.15) is 5.26 Å². The standard InChI is InChI=1S/C12H14FN3O/c1-3-10(15)12(17)16-11-5-8(6-14)4-9(13)7(11)2/h4-5,10H,3,15H2,1-2H3,(H,16,17)/t10-/m1/s1. The van der Waals surface area contributed by atoms with Crippen LogP contribution in [0, 0.1) is 24.1 Å². The summed E-state index contributed by atoms with van der Waals surface area (Å²) in [6.07, 6.45) is 0.491. The van der Waals surface area contributed by atoms with E-state index in [1.165, 1.54) is 13.0 Å². The molecule has 0 saturated heterocycles. The average molecular weight is 235 g/mol. The van der Waals surface area contributed by atoms with E-state index < -0.39 is 11.9 Å². The van der Waals surface area contributed by atoms with Crippen LogP contribution in [0.15, 0.2) is 12.1 Å². The Balaban J connectivity index is 3.03. The van der Waals surface area contributed by atoms with Crippen molar-refractivity contribution in [2.45, 2.75) is 26.3 Å². The van der Waals surface area contributed by atoms with Crippen LogP contribution in [-0.2, 0) is 4.79 Å². The van der Waals surface area contributed by atoms with E-state index in [1.54, 1.807) is 6.92 Å². The molecule has 4 nitrogen and oxygen atoms in total. The molecule has 90 valence electrons. The molecule has 0 saturated carbocycles. The molecule has 0 aromatic heterocycles. The van der Waals surface area contributed by atoms with Gasteiger partial charge < -0.3 is 11.1 Å². The summed E-state index contributed by atoms with van der Waals surface area (Å²) in [7, 11) is 0. The van der Waals surface area contributed by atoms with Crippen molar-refractivity contribution in [1.29, 1.82) is 5.26 Å². The maximum Gasteiger partial charge on any atom is 0.241 e. The second-order valence-electron chi connectivity index (χ2n) is 3.75. The lowest BCUT2D eigenvalue weighted by Gasteiger charge is -2.12. The Morgan fingerprint density at radius 3 is 2.82 bits per heavy atom. The quantitative estimate of drug-likeness (QED) is 0.836. The first kappa shape index (κ1) is 13.1. The minimum Gasteiger partial charge on any atom is -0.324 e. The van der Waals surface area contributed by atoms with Gasteiger partial charge in [-0.1, -0.05) is 6.92 Å². The molecule has 0 bridgehead atoms. The number of rotatable bonds is 3. The van der Waals surface area contributed by atoms with Gasteiger partial charge in [0.05, 0.1) is 17.7 Å². The van der Waals surface area contributed by atoms with E-state index in [-0.39, 0.29) is 17.2 Å². The van der Waals surface area contributed by atoms with Gasteiger partial charge in [-0.25, -0.2) is 4.39 Å². The molecular weight excluding hydrogens is 221 g/mol. The van der Waals surface area contributed by atoms with E-state index in [0.29, 0.717) is 12.0 Å². The third-order valence-corrected chi connectivity index (χ3v) is 2.51. The van der Waals surface area contributed by atoms with Crippen LogP contribution < -0.4 is 11.1 Å². The number of hydrogen-bond acceptors (Lipinski definition) is 3. The zero-order valence-electron chi connectivity index (χ0n) is 9.75. The molecule has 0 aliphatic heterocycles. The lowest BCUT2D eigenvalue weighted by Crippen LogP contribution is -2.35. The molecule has 1 aromatic carbocycles. The van der Waals surface area contributed by atoms with Crippen molar-refractivity contribution in [3.8, 4) is 6.07 Å². The Bertz CT molecular complexity index is 479. The Kier molecular flexibility index (Phi) is 4.18. The normalized spacial score (nSPS) is 11.7. The van der Waals surface area contributed by atoms with Crippen molar-refractivity contribution in [2.75, 3.05) is 5.32 Å². The Morgan fingerprint density at radius 2 is 2.29 bits per heavy atom.